The molecule has 0 bridgehead atoms. The Morgan fingerprint density at radius 3 is 1.58 bits per heavy atom. The molecule has 6 nitrogen and oxygen atoms in total. The SMILES string of the molecule is Nc1cccc(NC(=O)CSSCC(=O)Nc2cccc(N)c2)c1. The van der Waals surface area contributed by atoms with Crippen molar-refractivity contribution in [2.24, 2.45) is 0 Å². The number of carbonyl (C=O) groups is 2. The number of nitrogen functional groups attached to an aromatic ring is 2. The van der Waals surface area contributed by atoms with Gasteiger partial charge in [-0.1, -0.05) is 33.7 Å². The predicted octanol–water partition coefficient (Wildman–Crippen LogP) is 2.81. The quantitative estimate of drug-likeness (QED) is 0.342. The van der Waals surface area contributed by atoms with Gasteiger partial charge in [-0.15, -0.1) is 0 Å². The number of rotatable bonds is 7. The lowest BCUT2D eigenvalue weighted by Crippen LogP contribution is -2.15. The molecular weight excluding hydrogens is 344 g/mol. The second kappa shape index (κ2) is 9.09. The molecule has 0 aliphatic heterocycles. The summed E-state index contributed by atoms with van der Waals surface area (Å²) in [6.45, 7) is 0. The highest BCUT2D eigenvalue weighted by molar-refractivity contribution is 8.77. The van der Waals surface area contributed by atoms with Crippen molar-refractivity contribution in [2.75, 3.05) is 33.6 Å². The molecule has 0 unspecified atom stereocenters. The van der Waals surface area contributed by atoms with Gasteiger partial charge >= 0.3 is 0 Å². The number of amides is 2. The maximum absolute atomic E-state index is 11.8. The van der Waals surface area contributed by atoms with Gasteiger partial charge in [-0.05, 0) is 36.4 Å². The summed E-state index contributed by atoms with van der Waals surface area (Å²) in [4.78, 5) is 23.6. The van der Waals surface area contributed by atoms with Gasteiger partial charge in [0.1, 0.15) is 0 Å². The van der Waals surface area contributed by atoms with Gasteiger partial charge in [-0.25, -0.2) is 0 Å². The highest BCUT2D eigenvalue weighted by Crippen LogP contribution is 2.22. The number of anilines is 4. The van der Waals surface area contributed by atoms with E-state index in [1.165, 1.54) is 21.6 Å². The van der Waals surface area contributed by atoms with E-state index < -0.39 is 0 Å². The van der Waals surface area contributed by atoms with Gasteiger partial charge in [-0.2, -0.15) is 0 Å². The summed E-state index contributed by atoms with van der Waals surface area (Å²) < 4.78 is 0. The van der Waals surface area contributed by atoms with Crippen LogP contribution in [0.15, 0.2) is 48.5 Å². The van der Waals surface area contributed by atoms with Crippen molar-refractivity contribution in [2.45, 2.75) is 0 Å². The second-order valence-electron chi connectivity index (χ2n) is 4.87. The zero-order valence-corrected chi connectivity index (χ0v) is 14.5. The second-order valence-corrected chi connectivity index (χ2v) is 7.33. The van der Waals surface area contributed by atoms with Crippen molar-refractivity contribution in [3.63, 3.8) is 0 Å². The minimum atomic E-state index is -0.144. The highest BCUT2D eigenvalue weighted by atomic mass is 33.1. The van der Waals surface area contributed by atoms with Crippen molar-refractivity contribution >= 4 is 56.2 Å². The fraction of sp³-hybridized carbons (Fsp3) is 0.125. The maximum atomic E-state index is 11.8. The van der Waals surface area contributed by atoms with Gasteiger partial charge in [0.2, 0.25) is 11.8 Å². The summed E-state index contributed by atoms with van der Waals surface area (Å²) in [7, 11) is 2.63. The zero-order valence-electron chi connectivity index (χ0n) is 12.8. The predicted molar refractivity (Wildman–Crippen MR) is 104 cm³/mol. The van der Waals surface area contributed by atoms with Crippen LogP contribution in [0.4, 0.5) is 22.7 Å². The minimum absolute atomic E-state index is 0.144. The van der Waals surface area contributed by atoms with Crippen LogP contribution in [0.3, 0.4) is 0 Å². The van der Waals surface area contributed by atoms with E-state index in [1.807, 2.05) is 0 Å². The molecule has 0 saturated carbocycles. The molecule has 2 amide bonds. The molecule has 0 radical (unpaired) electrons. The lowest BCUT2D eigenvalue weighted by Gasteiger charge is -2.06. The van der Waals surface area contributed by atoms with E-state index in [2.05, 4.69) is 10.6 Å². The summed E-state index contributed by atoms with van der Waals surface area (Å²) in [5.41, 5.74) is 13.8. The summed E-state index contributed by atoms with van der Waals surface area (Å²) >= 11 is 0. The maximum Gasteiger partial charge on any atom is 0.235 e. The third kappa shape index (κ3) is 6.43. The van der Waals surface area contributed by atoms with Crippen LogP contribution >= 0.6 is 21.6 Å². The fourth-order valence-corrected chi connectivity index (χ4v) is 3.48. The van der Waals surface area contributed by atoms with Crippen molar-refractivity contribution in [1.29, 1.82) is 0 Å². The van der Waals surface area contributed by atoms with Crippen LogP contribution in [0.5, 0.6) is 0 Å². The molecule has 24 heavy (non-hydrogen) atoms. The minimum Gasteiger partial charge on any atom is -0.399 e. The van der Waals surface area contributed by atoms with Gasteiger partial charge in [-0.3, -0.25) is 9.59 Å². The molecule has 0 aromatic heterocycles. The molecule has 0 aliphatic carbocycles. The van der Waals surface area contributed by atoms with Gasteiger partial charge in [0.25, 0.3) is 0 Å². The summed E-state index contributed by atoms with van der Waals surface area (Å²) in [5.74, 6) is 0.194. The lowest BCUT2D eigenvalue weighted by atomic mass is 10.3. The Bertz CT molecular complexity index is 663. The van der Waals surface area contributed by atoms with E-state index in [0.29, 0.717) is 22.7 Å². The summed E-state index contributed by atoms with van der Waals surface area (Å²) in [5, 5.41) is 5.50. The molecule has 0 atom stereocenters. The lowest BCUT2D eigenvalue weighted by molar-refractivity contribution is -0.114. The molecule has 0 heterocycles. The van der Waals surface area contributed by atoms with E-state index in [1.54, 1.807) is 48.5 Å². The molecule has 8 heteroatoms. The molecule has 0 saturated heterocycles. The molecule has 126 valence electrons. The first-order valence-corrected chi connectivity index (χ1v) is 9.57. The van der Waals surface area contributed by atoms with E-state index in [4.69, 9.17) is 11.5 Å². The molecule has 2 aromatic rings. The van der Waals surface area contributed by atoms with E-state index in [-0.39, 0.29) is 23.3 Å². The van der Waals surface area contributed by atoms with Crippen molar-refractivity contribution in [3.05, 3.63) is 48.5 Å². The number of carbonyl (C=O) groups excluding carboxylic acids is 2. The highest BCUT2D eigenvalue weighted by Gasteiger charge is 2.06. The van der Waals surface area contributed by atoms with Gasteiger partial charge in [0.05, 0.1) is 11.5 Å². The smallest absolute Gasteiger partial charge is 0.235 e. The first-order chi connectivity index (χ1) is 11.5. The van der Waals surface area contributed by atoms with E-state index in [9.17, 15) is 9.59 Å². The van der Waals surface area contributed by atoms with Gasteiger partial charge in [0, 0.05) is 22.7 Å². The Hall–Kier alpha value is -2.32. The summed E-state index contributed by atoms with van der Waals surface area (Å²) in [6.07, 6.45) is 0. The normalized spacial score (nSPS) is 10.2. The van der Waals surface area contributed by atoms with Gasteiger partial charge < -0.3 is 22.1 Å². The molecule has 2 aromatic carbocycles. The third-order valence-electron chi connectivity index (χ3n) is 2.80. The number of nitrogens with one attached hydrogen (secondary N) is 2. The van der Waals surface area contributed by atoms with Crippen LogP contribution in [0.1, 0.15) is 0 Å². The van der Waals surface area contributed by atoms with Gasteiger partial charge in [0.15, 0.2) is 0 Å². The standard InChI is InChI=1S/C16H18N4O2S2/c17-11-3-1-5-13(7-11)19-15(21)9-23-24-10-16(22)20-14-6-2-4-12(18)8-14/h1-8H,9-10,17-18H2,(H,19,21)(H,20,22). The first-order valence-electron chi connectivity index (χ1n) is 7.08. The van der Waals surface area contributed by atoms with Crippen LogP contribution in [0, 0.1) is 0 Å². The van der Waals surface area contributed by atoms with Crippen LogP contribution < -0.4 is 22.1 Å². The third-order valence-corrected chi connectivity index (χ3v) is 4.94. The Morgan fingerprint density at radius 2 is 1.21 bits per heavy atom. The Balaban J connectivity index is 1.65. The van der Waals surface area contributed by atoms with Crippen LogP contribution in [0.25, 0.3) is 0 Å². The molecule has 0 fully saturated rings. The number of hydrogen-bond acceptors (Lipinski definition) is 6. The van der Waals surface area contributed by atoms with Crippen LogP contribution in [-0.4, -0.2) is 23.3 Å². The van der Waals surface area contributed by atoms with Crippen LogP contribution in [-0.2, 0) is 9.59 Å². The molecule has 0 spiro atoms. The topological polar surface area (TPSA) is 110 Å². The van der Waals surface area contributed by atoms with E-state index >= 15 is 0 Å². The molecule has 2 rings (SSSR count). The Kier molecular flexibility index (Phi) is 6.83. The first kappa shape index (κ1) is 18.0. The summed E-state index contributed by atoms with van der Waals surface area (Å²) in [6, 6.07) is 14.0. The number of hydrogen-bond donors (Lipinski definition) is 4. The van der Waals surface area contributed by atoms with Crippen molar-refractivity contribution in [3.8, 4) is 0 Å². The van der Waals surface area contributed by atoms with Crippen LogP contribution in [0.2, 0.25) is 0 Å². The molecular formula is C16H18N4O2S2. The average molecular weight is 362 g/mol. The number of nitrogens with two attached hydrogens (primary N) is 2. The fourth-order valence-electron chi connectivity index (χ4n) is 1.82. The Morgan fingerprint density at radius 1 is 0.792 bits per heavy atom. The van der Waals surface area contributed by atoms with Crippen molar-refractivity contribution in [1.82, 2.24) is 0 Å². The zero-order chi connectivity index (χ0) is 17.4. The number of benzene rings is 2. The Labute approximate surface area is 148 Å². The largest absolute Gasteiger partial charge is 0.399 e. The average Bonchev–Trinajstić information content (AvgIpc) is 2.51. The monoisotopic (exact) mass is 362 g/mol. The van der Waals surface area contributed by atoms with E-state index in [0.717, 1.165) is 0 Å². The van der Waals surface area contributed by atoms with Crippen molar-refractivity contribution < 1.29 is 9.59 Å². The molecule has 6 N–H and O–H groups in total. The molecule has 0 aliphatic rings.